The van der Waals surface area contributed by atoms with Crippen LogP contribution >= 0.6 is 0 Å². The van der Waals surface area contributed by atoms with Crippen molar-refractivity contribution in [2.24, 2.45) is 0 Å². The van der Waals surface area contributed by atoms with Gasteiger partial charge in [0.25, 0.3) is 0 Å². The van der Waals surface area contributed by atoms with Crippen LogP contribution in [0.25, 0.3) is 11.3 Å². The van der Waals surface area contributed by atoms with E-state index in [0.717, 1.165) is 30.6 Å². The van der Waals surface area contributed by atoms with Crippen molar-refractivity contribution in [3.8, 4) is 23.1 Å². The summed E-state index contributed by atoms with van der Waals surface area (Å²) in [6.45, 7) is 1.37. The summed E-state index contributed by atoms with van der Waals surface area (Å²) in [5.41, 5.74) is 9.26. The number of nitriles is 1. The van der Waals surface area contributed by atoms with Gasteiger partial charge in [0.05, 0.1) is 28.6 Å². The predicted molar refractivity (Wildman–Crippen MR) is 116 cm³/mol. The highest BCUT2D eigenvalue weighted by Crippen LogP contribution is 2.36. The first kappa shape index (κ1) is 20.2. The number of aromatic carboxylic acids is 1. The van der Waals surface area contributed by atoms with Crippen LogP contribution in [0.15, 0.2) is 48.5 Å². The minimum atomic E-state index is -1.05. The summed E-state index contributed by atoms with van der Waals surface area (Å²) in [5, 5.41) is 37.1. The van der Waals surface area contributed by atoms with Gasteiger partial charge in [-0.25, -0.2) is 4.79 Å². The third-order valence-corrected chi connectivity index (χ3v) is 5.60. The first-order valence-electron chi connectivity index (χ1n) is 9.91. The average Bonchev–Trinajstić information content (AvgIpc) is 2.79. The predicted octanol–water partition coefficient (Wildman–Crippen LogP) is 3.39. The maximum atomic E-state index is 11.2. The fraction of sp³-hybridized carbons (Fsp3) is 0.217. The Morgan fingerprint density at radius 3 is 2.74 bits per heavy atom. The number of nitrogen functional groups attached to an aromatic ring is 1. The largest absolute Gasteiger partial charge is 0.507 e. The number of nitrogens with two attached hydrogens (primary N) is 1. The number of carboxylic acid groups (broad SMARTS) is 1. The highest BCUT2D eigenvalue weighted by Gasteiger charge is 2.26. The van der Waals surface area contributed by atoms with E-state index in [4.69, 9.17) is 5.73 Å². The molecule has 0 bridgehead atoms. The Morgan fingerprint density at radius 2 is 2.00 bits per heavy atom. The van der Waals surface area contributed by atoms with Gasteiger partial charge in [-0.15, -0.1) is 10.2 Å². The van der Waals surface area contributed by atoms with Gasteiger partial charge < -0.3 is 20.8 Å². The summed E-state index contributed by atoms with van der Waals surface area (Å²) >= 11 is 0. The SMILES string of the molecule is N#Cc1cc(C(=O)O)ccc1[C@H]1CCCN(c2cc(-c3ccccc3O)nnc2N)C1. The second-order valence-electron chi connectivity index (χ2n) is 7.52. The number of para-hydroxylation sites is 1. The van der Waals surface area contributed by atoms with E-state index in [2.05, 4.69) is 21.2 Å². The maximum absolute atomic E-state index is 11.2. The number of phenols is 1. The molecule has 4 N–H and O–H groups in total. The lowest BCUT2D eigenvalue weighted by Gasteiger charge is -2.35. The van der Waals surface area contributed by atoms with Crippen molar-refractivity contribution in [2.45, 2.75) is 18.8 Å². The third-order valence-electron chi connectivity index (χ3n) is 5.60. The van der Waals surface area contributed by atoms with Gasteiger partial charge in [0, 0.05) is 24.6 Å². The molecule has 8 heteroatoms. The number of phenolic OH excluding ortho intramolecular Hbond substituents is 1. The number of aromatic hydroxyl groups is 1. The van der Waals surface area contributed by atoms with Gasteiger partial charge in [-0.2, -0.15) is 5.26 Å². The number of benzene rings is 2. The number of aromatic nitrogens is 2. The Labute approximate surface area is 179 Å². The van der Waals surface area contributed by atoms with E-state index in [0.29, 0.717) is 29.2 Å². The number of piperidine rings is 1. The lowest BCUT2D eigenvalue weighted by Crippen LogP contribution is -2.35. The van der Waals surface area contributed by atoms with Crippen LogP contribution in [0.5, 0.6) is 5.75 Å². The van der Waals surface area contributed by atoms with Gasteiger partial charge in [-0.3, -0.25) is 0 Å². The quantitative estimate of drug-likeness (QED) is 0.590. The molecule has 3 aromatic rings. The molecule has 1 saturated heterocycles. The number of hydrogen-bond donors (Lipinski definition) is 3. The summed E-state index contributed by atoms with van der Waals surface area (Å²) in [4.78, 5) is 13.3. The molecule has 1 fully saturated rings. The Balaban J connectivity index is 1.66. The van der Waals surface area contributed by atoms with Crippen LogP contribution in [0, 0.1) is 11.3 Å². The topological polar surface area (TPSA) is 136 Å². The minimum Gasteiger partial charge on any atom is -0.507 e. The maximum Gasteiger partial charge on any atom is 0.335 e. The van der Waals surface area contributed by atoms with E-state index >= 15 is 0 Å². The molecule has 1 aliphatic rings. The summed E-state index contributed by atoms with van der Waals surface area (Å²) in [6, 6.07) is 15.6. The molecule has 2 heterocycles. The smallest absolute Gasteiger partial charge is 0.335 e. The molecule has 0 spiro atoms. The Morgan fingerprint density at radius 1 is 1.19 bits per heavy atom. The Hall–Kier alpha value is -4.12. The molecule has 156 valence electrons. The van der Waals surface area contributed by atoms with E-state index in [-0.39, 0.29) is 17.2 Å². The Bertz CT molecular complexity index is 1190. The van der Waals surface area contributed by atoms with Crippen molar-refractivity contribution in [3.05, 3.63) is 65.2 Å². The second kappa shape index (κ2) is 8.32. The first-order valence-corrected chi connectivity index (χ1v) is 9.91. The zero-order valence-electron chi connectivity index (χ0n) is 16.7. The molecule has 2 aromatic carbocycles. The van der Waals surface area contributed by atoms with Crippen LogP contribution in [0.1, 0.15) is 40.2 Å². The highest BCUT2D eigenvalue weighted by molar-refractivity contribution is 5.88. The van der Waals surface area contributed by atoms with Crippen molar-refractivity contribution >= 4 is 17.5 Å². The number of carbonyl (C=O) groups is 1. The average molecular weight is 415 g/mol. The molecule has 0 aliphatic carbocycles. The molecule has 0 amide bonds. The van der Waals surface area contributed by atoms with Crippen LogP contribution in [-0.2, 0) is 0 Å². The van der Waals surface area contributed by atoms with E-state index < -0.39 is 5.97 Å². The molecule has 0 saturated carbocycles. The summed E-state index contributed by atoms with van der Waals surface area (Å²) < 4.78 is 0. The van der Waals surface area contributed by atoms with Gasteiger partial charge in [0.15, 0.2) is 5.82 Å². The summed E-state index contributed by atoms with van der Waals surface area (Å²) in [6.07, 6.45) is 1.76. The van der Waals surface area contributed by atoms with Crippen LogP contribution < -0.4 is 10.6 Å². The molecule has 31 heavy (non-hydrogen) atoms. The lowest BCUT2D eigenvalue weighted by molar-refractivity contribution is 0.0697. The van der Waals surface area contributed by atoms with Crippen LogP contribution in [-0.4, -0.2) is 39.5 Å². The first-order chi connectivity index (χ1) is 15.0. The van der Waals surface area contributed by atoms with Gasteiger partial charge in [0.2, 0.25) is 0 Å². The normalized spacial score (nSPS) is 16.0. The zero-order valence-corrected chi connectivity index (χ0v) is 16.7. The van der Waals surface area contributed by atoms with Crippen LogP contribution in [0.4, 0.5) is 11.5 Å². The van der Waals surface area contributed by atoms with Crippen molar-refractivity contribution in [3.63, 3.8) is 0 Å². The molecular weight excluding hydrogens is 394 g/mol. The highest BCUT2D eigenvalue weighted by atomic mass is 16.4. The van der Waals surface area contributed by atoms with Crippen LogP contribution in [0.2, 0.25) is 0 Å². The number of carboxylic acids is 1. The molecule has 8 nitrogen and oxygen atoms in total. The lowest BCUT2D eigenvalue weighted by atomic mass is 9.87. The van der Waals surface area contributed by atoms with E-state index in [1.165, 1.54) is 12.1 Å². The molecule has 0 unspecified atom stereocenters. The van der Waals surface area contributed by atoms with E-state index in [1.54, 1.807) is 24.3 Å². The number of rotatable bonds is 4. The molecular formula is C23H21N5O3. The van der Waals surface area contributed by atoms with Gasteiger partial charge >= 0.3 is 5.97 Å². The van der Waals surface area contributed by atoms with Crippen molar-refractivity contribution in [1.29, 1.82) is 5.26 Å². The summed E-state index contributed by atoms with van der Waals surface area (Å²) in [7, 11) is 0. The standard InChI is InChI=1S/C23H21N5O3/c24-12-16-10-14(23(30)31)7-8-17(16)15-4-3-9-28(13-15)20-11-19(26-27-22(20)25)18-5-1-2-6-21(18)29/h1-2,5-8,10-11,15,29H,3-4,9,13H2,(H2,25,27)(H,30,31)/t15-/m0/s1. The molecule has 1 atom stereocenters. The van der Waals surface area contributed by atoms with Crippen LogP contribution in [0.3, 0.4) is 0 Å². The number of hydrogen-bond acceptors (Lipinski definition) is 7. The van der Waals surface area contributed by atoms with Crippen molar-refractivity contribution in [2.75, 3.05) is 23.7 Å². The van der Waals surface area contributed by atoms with Crippen molar-refractivity contribution < 1.29 is 15.0 Å². The monoisotopic (exact) mass is 415 g/mol. The fourth-order valence-electron chi connectivity index (χ4n) is 4.06. The molecule has 1 aromatic heterocycles. The second-order valence-corrected chi connectivity index (χ2v) is 7.52. The van der Waals surface area contributed by atoms with Gasteiger partial charge in [-0.05, 0) is 48.7 Å². The number of nitrogens with zero attached hydrogens (tertiary/aromatic N) is 4. The fourth-order valence-corrected chi connectivity index (χ4v) is 4.06. The minimum absolute atomic E-state index is 0.0485. The van der Waals surface area contributed by atoms with E-state index in [1.807, 2.05) is 12.1 Å². The third kappa shape index (κ3) is 3.98. The van der Waals surface area contributed by atoms with Gasteiger partial charge in [-0.1, -0.05) is 18.2 Å². The molecule has 4 rings (SSSR count). The Kier molecular flexibility index (Phi) is 5.41. The molecule has 1 aliphatic heterocycles. The van der Waals surface area contributed by atoms with E-state index in [9.17, 15) is 20.3 Å². The summed E-state index contributed by atoms with van der Waals surface area (Å²) in [5.74, 6) is -0.601. The van der Waals surface area contributed by atoms with Gasteiger partial charge in [0.1, 0.15) is 5.75 Å². The zero-order chi connectivity index (χ0) is 22.0. The number of anilines is 2. The molecule has 0 radical (unpaired) electrons. The van der Waals surface area contributed by atoms with Crippen molar-refractivity contribution in [1.82, 2.24) is 10.2 Å².